The SMILES string of the molecule is BrB(Br)Br.COc1cc2cc(-c3ccc(Cl)cc3F)c(OC)cc2cc1-c1ccc(Cl)cc1F.ClCCl.Oc1cc2cc(-c3ccc(Cl)cc3F)c(O)cc2cc1-c1ccc(Cl)cc1F. The number of fused-ring (bicyclic) bond motifs is 2. The number of aromatic hydroxyl groups is 2. The predicted octanol–water partition coefficient (Wildman–Crippen LogP) is 18.5. The Hall–Kier alpha value is -3.56. The normalized spacial score (nSPS) is 10.6. The first-order chi connectivity index (χ1) is 30.9. The number of alkyl halides is 2. The van der Waals surface area contributed by atoms with Crippen LogP contribution < -0.4 is 9.47 Å². The van der Waals surface area contributed by atoms with Gasteiger partial charge in [0.05, 0.1) is 19.6 Å². The number of halogens is 13. The zero-order chi connectivity index (χ0) is 47.7. The van der Waals surface area contributed by atoms with Crippen LogP contribution in [0, 0.1) is 23.3 Å². The maximum absolute atomic E-state index is 14.5. The average molecular weight is 1200 g/mol. The number of phenolic OH excluding ortho intramolecular Hbond substituents is 2. The molecule has 4 nitrogen and oxygen atoms in total. The quantitative estimate of drug-likeness (QED) is 0.0990. The maximum Gasteiger partial charge on any atom is 0.369 e. The Kier molecular flexibility index (Phi) is 19.3. The minimum atomic E-state index is -0.578. The molecule has 0 aromatic heterocycles. The molecule has 0 radical (unpaired) electrons. The molecule has 0 aliphatic heterocycles. The molecule has 0 aliphatic carbocycles. The molecule has 0 fully saturated rings. The lowest BCUT2D eigenvalue weighted by Crippen LogP contribution is -1.94. The standard InChI is InChI=1S/C24H16Cl2F2O2.C22H12Cl2F2O2.CH2Cl2.BBr3/c1-29-23-9-13-8-20(18-6-4-16(26)12-22(18)28)24(30-2)10-14(13)7-19(23)17-5-3-15(25)11-21(17)27;23-13-1-3-15(19(25)9-13)17-5-11-8-22(28)18(6-12(11)7-21(17)27)16-4-2-14(24)10-20(16)26;2-1-3;2-1(3)4/h3-12H,1-2H3;1-10,27-28H;1H2;. The lowest BCUT2D eigenvalue weighted by atomic mass is 9.95. The Labute approximate surface area is 426 Å². The Morgan fingerprint density at radius 2 is 0.646 bits per heavy atom. The van der Waals surface area contributed by atoms with Gasteiger partial charge in [0.2, 0.25) is 0 Å². The van der Waals surface area contributed by atoms with Crippen LogP contribution in [-0.2, 0) is 0 Å². The lowest BCUT2D eigenvalue weighted by molar-refractivity contribution is 0.415. The molecule has 0 saturated heterocycles. The van der Waals surface area contributed by atoms with Gasteiger partial charge in [0.1, 0.15) is 46.3 Å². The first kappa shape index (κ1) is 52.4. The highest BCUT2D eigenvalue weighted by Crippen LogP contribution is 2.43. The van der Waals surface area contributed by atoms with E-state index in [1.807, 2.05) is 12.1 Å². The molecule has 2 N–H and O–H groups in total. The average Bonchev–Trinajstić information content (AvgIpc) is 3.23. The molecule has 0 heterocycles. The lowest BCUT2D eigenvalue weighted by Gasteiger charge is -2.15. The minimum Gasteiger partial charge on any atom is -0.507 e. The molecule has 65 heavy (non-hydrogen) atoms. The fourth-order valence-corrected chi connectivity index (χ4v) is 7.29. The second kappa shape index (κ2) is 23.9. The Morgan fingerprint density at radius 1 is 0.415 bits per heavy atom. The van der Waals surface area contributed by atoms with E-state index in [0.29, 0.717) is 54.6 Å². The van der Waals surface area contributed by atoms with Crippen molar-refractivity contribution in [3.63, 3.8) is 0 Å². The van der Waals surface area contributed by atoms with E-state index >= 15 is 0 Å². The maximum atomic E-state index is 14.5. The second-order valence-corrected chi connectivity index (χ2v) is 22.4. The highest BCUT2D eigenvalue weighted by atomic mass is 79.9. The van der Waals surface area contributed by atoms with Gasteiger partial charge < -0.3 is 19.7 Å². The third-order valence-corrected chi connectivity index (χ3v) is 10.4. The van der Waals surface area contributed by atoms with Gasteiger partial charge in [-0.25, -0.2) is 17.6 Å². The largest absolute Gasteiger partial charge is 0.507 e. The summed E-state index contributed by atoms with van der Waals surface area (Å²) in [5.41, 5.74) is 2.75. The molecule has 0 atom stereocenters. The molecule has 336 valence electrons. The summed E-state index contributed by atoms with van der Waals surface area (Å²) in [6.45, 7) is 0. The fraction of sp³-hybridized carbons (Fsp3) is 0.0638. The Balaban J connectivity index is 0.000000214. The summed E-state index contributed by atoms with van der Waals surface area (Å²) in [7, 11) is 3.03. The monoisotopic (exact) mass is 1190 g/mol. The van der Waals surface area contributed by atoms with Crippen molar-refractivity contribution in [3.8, 4) is 67.5 Å². The minimum absolute atomic E-state index is 0.151. The van der Waals surface area contributed by atoms with Crippen molar-refractivity contribution >= 4 is 142 Å². The van der Waals surface area contributed by atoms with Crippen molar-refractivity contribution < 1.29 is 37.2 Å². The highest BCUT2D eigenvalue weighted by molar-refractivity contribution is 9.69. The van der Waals surface area contributed by atoms with Gasteiger partial charge in [0, 0.05) is 64.6 Å². The van der Waals surface area contributed by atoms with Gasteiger partial charge in [0.15, 0.2) is 0 Å². The van der Waals surface area contributed by atoms with Crippen molar-refractivity contribution in [2.24, 2.45) is 0 Å². The molecule has 8 rings (SSSR count). The number of benzene rings is 8. The summed E-state index contributed by atoms with van der Waals surface area (Å²) in [6.07, 6.45) is 0. The molecule has 0 aliphatic rings. The number of methoxy groups -OCH3 is 2. The summed E-state index contributed by atoms with van der Waals surface area (Å²) >= 11 is 42.2. The van der Waals surface area contributed by atoms with E-state index < -0.39 is 23.3 Å². The van der Waals surface area contributed by atoms with Crippen LogP contribution in [0.3, 0.4) is 0 Å². The van der Waals surface area contributed by atoms with Crippen LogP contribution in [-0.4, -0.2) is 33.0 Å². The van der Waals surface area contributed by atoms with E-state index in [-0.39, 0.29) is 52.3 Å². The van der Waals surface area contributed by atoms with Crippen LogP contribution in [0.2, 0.25) is 20.1 Å². The second-order valence-electron chi connectivity index (χ2n) is 13.4. The van der Waals surface area contributed by atoms with E-state index in [2.05, 4.69) is 47.3 Å². The third-order valence-electron chi connectivity index (χ3n) is 9.43. The number of hydrogen-bond acceptors (Lipinski definition) is 4. The van der Waals surface area contributed by atoms with Crippen molar-refractivity contribution in [1.82, 2.24) is 0 Å². The molecule has 0 amide bonds. The van der Waals surface area contributed by atoms with Gasteiger partial charge in [-0.3, -0.25) is 0 Å². The first-order valence-electron chi connectivity index (χ1n) is 18.4. The zero-order valence-corrected chi connectivity index (χ0v) is 42.7. The fourth-order valence-electron chi connectivity index (χ4n) is 6.66. The van der Waals surface area contributed by atoms with Gasteiger partial charge in [0.25, 0.3) is 0 Å². The van der Waals surface area contributed by atoms with E-state index in [1.54, 1.807) is 48.5 Å². The van der Waals surface area contributed by atoms with Crippen molar-refractivity contribution in [2.45, 2.75) is 0 Å². The highest BCUT2D eigenvalue weighted by Gasteiger charge is 2.19. The number of hydrogen-bond donors (Lipinski definition) is 2. The molecular weight excluding hydrogens is 1170 g/mol. The van der Waals surface area contributed by atoms with E-state index in [1.165, 1.54) is 62.8 Å². The molecular formula is C47H30BBr3Cl6F4O4. The molecule has 8 aromatic rings. The van der Waals surface area contributed by atoms with Crippen LogP contribution in [0.15, 0.2) is 121 Å². The summed E-state index contributed by atoms with van der Waals surface area (Å²) in [5, 5.41) is 24.8. The molecule has 0 bridgehead atoms. The smallest absolute Gasteiger partial charge is 0.369 e. The predicted molar refractivity (Wildman–Crippen MR) is 275 cm³/mol. The number of rotatable bonds is 6. The van der Waals surface area contributed by atoms with Gasteiger partial charge in [-0.15, -0.1) is 70.5 Å². The first-order valence-corrected chi connectivity index (χ1v) is 23.8. The molecule has 18 heteroatoms. The topological polar surface area (TPSA) is 58.9 Å². The summed E-state index contributed by atoms with van der Waals surface area (Å²) < 4.78 is 68.9. The van der Waals surface area contributed by atoms with Crippen molar-refractivity contribution in [2.75, 3.05) is 19.6 Å². The third kappa shape index (κ3) is 13.3. The van der Waals surface area contributed by atoms with Crippen LogP contribution in [0.25, 0.3) is 66.1 Å². The summed E-state index contributed by atoms with van der Waals surface area (Å²) in [4.78, 5) is 0. The van der Waals surface area contributed by atoms with Crippen LogP contribution in [0.4, 0.5) is 17.6 Å². The van der Waals surface area contributed by atoms with Crippen molar-refractivity contribution in [1.29, 1.82) is 0 Å². The molecule has 0 spiro atoms. The Bertz CT molecular complexity index is 2810. The zero-order valence-electron chi connectivity index (χ0n) is 33.5. The Morgan fingerprint density at radius 3 is 0.892 bits per heavy atom. The van der Waals surface area contributed by atoms with Gasteiger partial charge in [-0.2, -0.15) is 0 Å². The van der Waals surface area contributed by atoms with Gasteiger partial charge >= 0.3 is 3.18 Å². The summed E-state index contributed by atoms with van der Waals surface area (Å²) in [5.74, 6) is -1.40. The molecule has 0 saturated carbocycles. The number of phenols is 2. The molecule has 0 unspecified atom stereocenters. The van der Waals surface area contributed by atoms with Crippen molar-refractivity contribution in [3.05, 3.63) is 165 Å². The van der Waals surface area contributed by atoms with E-state index in [0.717, 1.165) is 22.9 Å². The van der Waals surface area contributed by atoms with Crippen LogP contribution in [0.1, 0.15) is 0 Å². The van der Waals surface area contributed by atoms with Gasteiger partial charge in [-0.1, -0.05) is 46.4 Å². The van der Waals surface area contributed by atoms with E-state index in [9.17, 15) is 27.8 Å². The molecule has 8 aromatic carbocycles. The number of ether oxygens (including phenoxy) is 2. The van der Waals surface area contributed by atoms with Gasteiger partial charge in [-0.05, 0) is 143 Å². The van der Waals surface area contributed by atoms with Crippen LogP contribution >= 0.6 is 117 Å². The van der Waals surface area contributed by atoms with E-state index in [4.69, 9.17) is 79.1 Å². The summed E-state index contributed by atoms with van der Waals surface area (Å²) in [6, 6.07) is 30.4. The van der Waals surface area contributed by atoms with Crippen LogP contribution in [0.5, 0.6) is 23.0 Å².